The Bertz CT molecular complexity index is 1340. The lowest BCUT2D eigenvalue weighted by molar-refractivity contribution is 0.0955. The Labute approximate surface area is 216 Å². The normalized spacial score (nSPS) is 14.2. The molecule has 0 saturated carbocycles. The molecule has 3 aromatic carbocycles. The molecule has 7 nitrogen and oxygen atoms in total. The number of carbonyl (C=O) groups is 2. The van der Waals surface area contributed by atoms with Crippen LogP contribution in [0.4, 0.5) is 5.69 Å². The lowest BCUT2D eigenvalue weighted by Gasteiger charge is -2.26. The molecule has 0 unspecified atom stereocenters. The van der Waals surface area contributed by atoms with Gasteiger partial charge in [0.2, 0.25) is 10.0 Å². The summed E-state index contributed by atoms with van der Waals surface area (Å²) in [5.74, 6) is -0.922. The predicted octanol–water partition coefficient (Wildman–Crippen LogP) is 4.74. The van der Waals surface area contributed by atoms with Crippen LogP contribution in [0.3, 0.4) is 0 Å². The van der Waals surface area contributed by atoms with Crippen LogP contribution in [-0.4, -0.2) is 44.2 Å². The third-order valence-corrected chi connectivity index (χ3v) is 8.32. The second kappa shape index (κ2) is 11.7. The van der Waals surface area contributed by atoms with E-state index in [1.807, 2.05) is 30.3 Å². The van der Waals surface area contributed by atoms with Crippen LogP contribution in [0.25, 0.3) is 0 Å². The number of nitrogens with zero attached hydrogens (tertiary/aromatic N) is 1. The van der Waals surface area contributed by atoms with Gasteiger partial charge in [-0.15, -0.1) is 0 Å². The molecule has 0 spiro atoms. The van der Waals surface area contributed by atoms with Gasteiger partial charge in [-0.2, -0.15) is 4.31 Å². The molecular formula is C27H28ClN3O4S. The highest BCUT2D eigenvalue weighted by Crippen LogP contribution is 2.26. The molecule has 1 aliphatic heterocycles. The Hall–Kier alpha value is -3.20. The molecule has 0 aromatic heterocycles. The molecule has 36 heavy (non-hydrogen) atoms. The fourth-order valence-corrected chi connectivity index (χ4v) is 5.88. The van der Waals surface area contributed by atoms with Crippen molar-refractivity contribution in [1.29, 1.82) is 0 Å². The number of anilines is 1. The molecule has 0 bridgehead atoms. The number of rotatable bonds is 8. The van der Waals surface area contributed by atoms with Crippen molar-refractivity contribution >= 4 is 39.1 Å². The number of benzene rings is 3. The first-order chi connectivity index (χ1) is 17.4. The van der Waals surface area contributed by atoms with Crippen molar-refractivity contribution in [3.05, 3.63) is 94.5 Å². The number of carbonyl (C=O) groups excluding carboxylic acids is 2. The van der Waals surface area contributed by atoms with Crippen molar-refractivity contribution in [3.8, 4) is 0 Å². The molecular weight excluding hydrogens is 498 g/mol. The molecule has 0 aliphatic carbocycles. The van der Waals surface area contributed by atoms with Crippen molar-refractivity contribution < 1.29 is 18.0 Å². The number of hydrogen-bond donors (Lipinski definition) is 2. The van der Waals surface area contributed by atoms with Crippen LogP contribution in [0, 0.1) is 0 Å². The molecule has 1 fully saturated rings. The molecule has 1 heterocycles. The van der Waals surface area contributed by atoms with Gasteiger partial charge < -0.3 is 10.6 Å². The van der Waals surface area contributed by atoms with E-state index in [4.69, 9.17) is 11.6 Å². The van der Waals surface area contributed by atoms with Gasteiger partial charge in [0.15, 0.2) is 0 Å². The minimum absolute atomic E-state index is 0.0193. The number of para-hydroxylation sites is 1. The lowest BCUT2D eigenvalue weighted by Crippen LogP contribution is -2.35. The summed E-state index contributed by atoms with van der Waals surface area (Å²) in [5, 5.41) is 5.72. The van der Waals surface area contributed by atoms with E-state index in [1.54, 1.807) is 24.3 Å². The molecule has 4 rings (SSSR count). The maximum absolute atomic E-state index is 13.1. The van der Waals surface area contributed by atoms with E-state index in [9.17, 15) is 18.0 Å². The summed E-state index contributed by atoms with van der Waals surface area (Å²) < 4.78 is 27.6. The van der Waals surface area contributed by atoms with Gasteiger partial charge in [0.05, 0.1) is 26.7 Å². The summed E-state index contributed by atoms with van der Waals surface area (Å²) in [6.45, 7) is 1.35. The SMILES string of the molecule is O=C(Nc1ccccc1C(=O)NCCc1ccccc1)c1cc(S(=O)(=O)N2CCCCC2)ccc1Cl. The summed E-state index contributed by atoms with van der Waals surface area (Å²) in [7, 11) is -3.73. The van der Waals surface area contributed by atoms with Crippen LogP contribution < -0.4 is 10.6 Å². The molecule has 3 aromatic rings. The van der Waals surface area contributed by atoms with E-state index >= 15 is 0 Å². The van der Waals surface area contributed by atoms with Crippen molar-refractivity contribution in [2.45, 2.75) is 30.6 Å². The van der Waals surface area contributed by atoms with Gasteiger partial charge in [-0.25, -0.2) is 8.42 Å². The number of halogens is 1. The average molecular weight is 526 g/mol. The lowest BCUT2D eigenvalue weighted by atomic mass is 10.1. The maximum atomic E-state index is 13.1. The Morgan fingerprint density at radius 3 is 2.28 bits per heavy atom. The van der Waals surface area contributed by atoms with Gasteiger partial charge >= 0.3 is 0 Å². The van der Waals surface area contributed by atoms with E-state index in [0.717, 1.165) is 24.8 Å². The fraction of sp³-hybridized carbons (Fsp3) is 0.259. The summed E-state index contributed by atoms with van der Waals surface area (Å²) in [6, 6.07) is 20.6. The van der Waals surface area contributed by atoms with Crippen LogP contribution in [0.1, 0.15) is 45.5 Å². The Morgan fingerprint density at radius 1 is 0.833 bits per heavy atom. The van der Waals surface area contributed by atoms with E-state index in [0.29, 0.717) is 37.3 Å². The standard InChI is InChI=1S/C27H28ClN3O4S/c28-24-14-13-21(36(34,35)31-17-7-2-8-18-31)19-23(24)27(33)30-25-12-6-5-11-22(25)26(32)29-16-15-20-9-3-1-4-10-20/h1,3-6,9-14,19H,2,7-8,15-18H2,(H,29,32)(H,30,33). The highest BCUT2D eigenvalue weighted by Gasteiger charge is 2.27. The van der Waals surface area contributed by atoms with E-state index in [1.165, 1.54) is 22.5 Å². The zero-order valence-corrected chi connectivity index (χ0v) is 21.3. The molecule has 188 valence electrons. The minimum atomic E-state index is -3.73. The smallest absolute Gasteiger partial charge is 0.257 e. The van der Waals surface area contributed by atoms with Crippen LogP contribution in [-0.2, 0) is 16.4 Å². The van der Waals surface area contributed by atoms with Crippen molar-refractivity contribution in [1.82, 2.24) is 9.62 Å². The third kappa shape index (κ3) is 6.13. The molecule has 0 atom stereocenters. The first-order valence-electron chi connectivity index (χ1n) is 11.9. The van der Waals surface area contributed by atoms with E-state index in [2.05, 4.69) is 10.6 Å². The zero-order valence-electron chi connectivity index (χ0n) is 19.7. The van der Waals surface area contributed by atoms with Gasteiger partial charge in [0.1, 0.15) is 0 Å². The van der Waals surface area contributed by atoms with E-state index < -0.39 is 15.9 Å². The maximum Gasteiger partial charge on any atom is 0.257 e. The van der Waals surface area contributed by atoms with E-state index in [-0.39, 0.29) is 21.4 Å². The Morgan fingerprint density at radius 2 is 1.53 bits per heavy atom. The monoisotopic (exact) mass is 525 g/mol. The molecule has 9 heteroatoms. The topological polar surface area (TPSA) is 95.6 Å². The highest BCUT2D eigenvalue weighted by atomic mass is 35.5. The number of nitrogens with one attached hydrogen (secondary N) is 2. The first kappa shape index (κ1) is 25.9. The quantitative estimate of drug-likeness (QED) is 0.444. The van der Waals surface area contributed by atoms with Crippen molar-refractivity contribution in [2.75, 3.05) is 25.0 Å². The third-order valence-electron chi connectivity index (χ3n) is 6.10. The largest absolute Gasteiger partial charge is 0.352 e. The van der Waals surface area contributed by atoms with Crippen LogP contribution in [0.15, 0.2) is 77.7 Å². The predicted molar refractivity (Wildman–Crippen MR) is 141 cm³/mol. The van der Waals surface area contributed by atoms with Crippen molar-refractivity contribution in [3.63, 3.8) is 0 Å². The fourth-order valence-electron chi connectivity index (χ4n) is 4.13. The van der Waals surface area contributed by atoms with Gasteiger partial charge in [-0.05, 0) is 55.2 Å². The number of hydrogen-bond acceptors (Lipinski definition) is 4. The van der Waals surface area contributed by atoms with Crippen LogP contribution >= 0.6 is 11.6 Å². The first-order valence-corrected chi connectivity index (χ1v) is 13.7. The Kier molecular flexibility index (Phi) is 8.40. The molecule has 1 aliphatic rings. The average Bonchev–Trinajstić information content (AvgIpc) is 2.90. The summed E-state index contributed by atoms with van der Waals surface area (Å²) in [5.41, 5.74) is 1.73. The molecule has 1 saturated heterocycles. The van der Waals surface area contributed by atoms with Gasteiger partial charge in [0.25, 0.3) is 11.8 Å². The summed E-state index contributed by atoms with van der Waals surface area (Å²) in [6.07, 6.45) is 3.29. The number of piperidine rings is 1. The highest BCUT2D eigenvalue weighted by molar-refractivity contribution is 7.89. The van der Waals surface area contributed by atoms with Gasteiger partial charge in [-0.3, -0.25) is 9.59 Å². The van der Waals surface area contributed by atoms with Crippen LogP contribution in [0.5, 0.6) is 0 Å². The van der Waals surface area contributed by atoms with Gasteiger partial charge in [0, 0.05) is 19.6 Å². The van der Waals surface area contributed by atoms with Crippen LogP contribution in [0.2, 0.25) is 5.02 Å². The minimum Gasteiger partial charge on any atom is -0.352 e. The molecule has 2 N–H and O–H groups in total. The van der Waals surface area contributed by atoms with Crippen molar-refractivity contribution in [2.24, 2.45) is 0 Å². The summed E-state index contributed by atoms with van der Waals surface area (Å²) >= 11 is 6.27. The zero-order chi connectivity index (χ0) is 25.5. The summed E-state index contributed by atoms with van der Waals surface area (Å²) in [4.78, 5) is 26.0. The second-order valence-electron chi connectivity index (χ2n) is 8.60. The number of amides is 2. The molecule has 0 radical (unpaired) electrons. The second-order valence-corrected chi connectivity index (χ2v) is 10.9. The Balaban J connectivity index is 1.49. The number of sulfonamides is 1. The molecule has 2 amide bonds. The van der Waals surface area contributed by atoms with Gasteiger partial charge in [-0.1, -0.05) is 60.5 Å².